The van der Waals surface area contributed by atoms with Crippen LogP contribution in [-0.4, -0.2) is 44.9 Å². The minimum atomic E-state index is -3.49. The molecule has 3 rings (SSSR count). The average Bonchev–Trinajstić information content (AvgIpc) is 2.55. The first kappa shape index (κ1) is 16.9. The lowest BCUT2D eigenvalue weighted by Crippen LogP contribution is -3.18. The Bertz CT molecular complexity index is 624. The molecule has 0 bridgehead atoms. The van der Waals surface area contributed by atoms with Crippen LogP contribution in [0.3, 0.4) is 0 Å². The van der Waals surface area contributed by atoms with Gasteiger partial charge < -0.3 is 4.90 Å². The van der Waals surface area contributed by atoms with Crippen LogP contribution in [0.5, 0.6) is 0 Å². The first-order valence-electron chi connectivity index (χ1n) is 8.57. The smallest absolute Gasteiger partial charge is 0.243 e. The topological polar surface area (TPSA) is 41.8 Å². The van der Waals surface area contributed by atoms with Gasteiger partial charge in [0.2, 0.25) is 10.0 Å². The number of hydrogen-bond acceptors (Lipinski definition) is 2. The Balaban J connectivity index is 1.63. The van der Waals surface area contributed by atoms with Crippen molar-refractivity contribution in [1.29, 1.82) is 0 Å². The van der Waals surface area contributed by atoms with E-state index in [1.54, 1.807) is 9.21 Å². The number of piperazine rings is 1. The summed E-state index contributed by atoms with van der Waals surface area (Å²) in [6.07, 6.45) is 5.16. The highest BCUT2D eigenvalue weighted by Gasteiger charge is 2.34. The summed E-state index contributed by atoms with van der Waals surface area (Å²) in [5.74, 6) is 0.381. The number of quaternary nitrogens is 1. The SMILES string of the molecule is C[C@@H]1CCC[C@H]([NH+]2CCN(S(=O)(=O)c3ccc(F)cc3)CC2)C1. The molecule has 128 valence electrons. The van der Waals surface area contributed by atoms with E-state index in [0.29, 0.717) is 19.1 Å². The Morgan fingerprint density at radius 3 is 2.39 bits per heavy atom. The summed E-state index contributed by atoms with van der Waals surface area (Å²) >= 11 is 0. The van der Waals surface area contributed by atoms with Gasteiger partial charge in [-0.1, -0.05) is 13.3 Å². The summed E-state index contributed by atoms with van der Waals surface area (Å²) in [5, 5.41) is 0. The normalized spacial score (nSPS) is 27.9. The van der Waals surface area contributed by atoms with Crippen molar-refractivity contribution in [2.24, 2.45) is 5.92 Å². The maximum atomic E-state index is 13.0. The van der Waals surface area contributed by atoms with Gasteiger partial charge in [-0.05, 0) is 43.0 Å². The van der Waals surface area contributed by atoms with Crippen molar-refractivity contribution in [2.75, 3.05) is 26.2 Å². The molecule has 0 amide bonds. The third-order valence-electron chi connectivity index (χ3n) is 5.33. The summed E-state index contributed by atoms with van der Waals surface area (Å²) < 4.78 is 39.8. The van der Waals surface area contributed by atoms with E-state index < -0.39 is 15.8 Å². The average molecular weight is 341 g/mol. The molecule has 1 saturated carbocycles. The molecule has 1 aromatic rings. The lowest BCUT2D eigenvalue weighted by molar-refractivity contribution is -0.930. The van der Waals surface area contributed by atoms with E-state index in [2.05, 4.69) is 6.92 Å². The fourth-order valence-corrected chi connectivity index (χ4v) is 5.42. The molecule has 23 heavy (non-hydrogen) atoms. The van der Waals surface area contributed by atoms with Gasteiger partial charge in [0, 0.05) is 6.42 Å². The third-order valence-corrected chi connectivity index (χ3v) is 7.24. The van der Waals surface area contributed by atoms with Crippen LogP contribution >= 0.6 is 0 Å². The Kier molecular flexibility index (Phi) is 5.04. The summed E-state index contributed by atoms with van der Waals surface area (Å²) in [6.45, 7) is 5.18. The van der Waals surface area contributed by atoms with Crippen molar-refractivity contribution in [3.63, 3.8) is 0 Å². The molecule has 1 N–H and O–H groups in total. The van der Waals surface area contributed by atoms with Gasteiger partial charge in [-0.15, -0.1) is 0 Å². The van der Waals surface area contributed by atoms with E-state index in [1.165, 1.54) is 49.9 Å². The number of sulfonamides is 1. The highest BCUT2D eigenvalue weighted by molar-refractivity contribution is 7.89. The molecule has 2 aliphatic rings. The Morgan fingerprint density at radius 2 is 1.78 bits per heavy atom. The monoisotopic (exact) mass is 341 g/mol. The highest BCUT2D eigenvalue weighted by Crippen LogP contribution is 2.22. The molecule has 1 saturated heterocycles. The van der Waals surface area contributed by atoms with Crippen LogP contribution in [0, 0.1) is 11.7 Å². The highest BCUT2D eigenvalue weighted by atomic mass is 32.2. The molecule has 1 aliphatic heterocycles. The van der Waals surface area contributed by atoms with Gasteiger partial charge in [0.25, 0.3) is 0 Å². The quantitative estimate of drug-likeness (QED) is 0.900. The molecule has 4 nitrogen and oxygen atoms in total. The summed E-state index contributed by atoms with van der Waals surface area (Å²) in [6, 6.07) is 5.81. The first-order valence-corrected chi connectivity index (χ1v) is 10.0. The number of rotatable bonds is 3. The van der Waals surface area contributed by atoms with Crippen LogP contribution in [0.2, 0.25) is 0 Å². The number of nitrogens with one attached hydrogen (secondary N) is 1. The lowest BCUT2D eigenvalue weighted by atomic mass is 9.86. The van der Waals surface area contributed by atoms with E-state index >= 15 is 0 Å². The van der Waals surface area contributed by atoms with Crippen LogP contribution in [-0.2, 0) is 10.0 Å². The molecule has 0 aromatic heterocycles. The maximum Gasteiger partial charge on any atom is 0.243 e. The minimum Gasteiger partial charge on any atom is -0.330 e. The van der Waals surface area contributed by atoms with Crippen molar-refractivity contribution in [3.8, 4) is 0 Å². The molecular weight excluding hydrogens is 315 g/mol. The number of nitrogens with zero attached hydrogens (tertiary/aromatic N) is 1. The van der Waals surface area contributed by atoms with Crippen molar-refractivity contribution in [3.05, 3.63) is 30.1 Å². The Morgan fingerprint density at radius 1 is 1.13 bits per heavy atom. The lowest BCUT2D eigenvalue weighted by Gasteiger charge is -2.38. The van der Waals surface area contributed by atoms with E-state index in [1.807, 2.05) is 0 Å². The molecule has 0 unspecified atom stereocenters. The van der Waals surface area contributed by atoms with Crippen molar-refractivity contribution < 1.29 is 17.7 Å². The molecule has 2 fully saturated rings. The molecule has 1 heterocycles. The standard InChI is InChI=1S/C17H25FN2O2S/c1-14-3-2-4-16(13-14)19-9-11-20(12-10-19)23(21,22)17-7-5-15(18)6-8-17/h5-8,14,16H,2-4,9-13H2,1H3/p+1/t14-,16+/m1/s1. The van der Waals surface area contributed by atoms with Gasteiger partial charge in [-0.25, -0.2) is 12.8 Å². The fraction of sp³-hybridized carbons (Fsp3) is 0.647. The molecule has 6 heteroatoms. The maximum absolute atomic E-state index is 13.0. The van der Waals surface area contributed by atoms with Gasteiger partial charge in [0.1, 0.15) is 5.82 Å². The largest absolute Gasteiger partial charge is 0.330 e. The van der Waals surface area contributed by atoms with Crippen LogP contribution in [0.4, 0.5) is 4.39 Å². The van der Waals surface area contributed by atoms with Crippen molar-refractivity contribution in [1.82, 2.24) is 4.31 Å². The minimum absolute atomic E-state index is 0.189. The zero-order valence-corrected chi connectivity index (χ0v) is 14.5. The second-order valence-electron chi connectivity index (χ2n) is 6.98. The van der Waals surface area contributed by atoms with Crippen LogP contribution < -0.4 is 4.90 Å². The molecule has 1 aliphatic carbocycles. The second-order valence-corrected chi connectivity index (χ2v) is 8.92. The van der Waals surface area contributed by atoms with Gasteiger partial charge >= 0.3 is 0 Å². The Labute approximate surface area is 138 Å². The van der Waals surface area contributed by atoms with Crippen molar-refractivity contribution >= 4 is 10.0 Å². The van der Waals surface area contributed by atoms with Crippen LogP contribution in [0.15, 0.2) is 29.2 Å². The predicted molar refractivity (Wildman–Crippen MR) is 87.3 cm³/mol. The summed E-state index contributed by atoms with van der Waals surface area (Å²) in [5.41, 5.74) is 0. The van der Waals surface area contributed by atoms with Crippen molar-refractivity contribution in [2.45, 2.75) is 43.5 Å². The fourth-order valence-electron chi connectivity index (χ4n) is 3.98. The second kappa shape index (κ2) is 6.87. The van der Waals surface area contributed by atoms with E-state index in [9.17, 15) is 12.8 Å². The zero-order chi connectivity index (χ0) is 16.4. The van der Waals surface area contributed by atoms with Gasteiger partial charge in [0.15, 0.2) is 0 Å². The Hall–Kier alpha value is -0.980. The number of benzene rings is 1. The van der Waals surface area contributed by atoms with E-state index in [0.717, 1.165) is 19.0 Å². The predicted octanol–water partition coefficient (Wildman–Crippen LogP) is 1.29. The van der Waals surface area contributed by atoms with E-state index in [-0.39, 0.29) is 4.90 Å². The summed E-state index contributed by atoms with van der Waals surface area (Å²) in [4.78, 5) is 1.75. The number of hydrogen-bond donors (Lipinski definition) is 1. The first-order chi connectivity index (χ1) is 11.0. The summed E-state index contributed by atoms with van der Waals surface area (Å²) in [7, 11) is -3.49. The van der Waals surface area contributed by atoms with Crippen LogP contribution in [0.1, 0.15) is 32.6 Å². The van der Waals surface area contributed by atoms with E-state index in [4.69, 9.17) is 0 Å². The number of halogens is 1. The molecule has 2 atom stereocenters. The van der Waals surface area contributed by atoms with Crippen LogP contribution in [0.25, 0.3) is 0 Å². The third kappa shape index (κ3) is 3.75. The zero-order valence-electron chi connectivity index (χ0n) is 13.7. The van der Waals surface area contributed by atoms with Gasteiger partial charge in [0.05, 0.1) is 37.1 Å². The molecular formula is C17H26FN2O2S+. The molecule has 0 radical (unpaired) electrons. The van der Waals surface area contributed by atoms with Gasteiger partial charge in [-0.3, -0.25) is 0 Å². The molecule has 1 aromatic carbocycles. The molecule has 0 spiro atoms. The van der Waals surface area contributed by atoms with Gasteiger partial charge in [-0.2, -0.15) is 4.31 Å².